The second-order valence-corrected chi connectivity index (χ2v) is 12.4. The number of anilines is 1. The minimum atomic E-state index is -4.63. The lowest BCUT2D eigenvalue weighted by Gasteiger charge is -2.44. The number of amides is 2. The van der Waals surface area contributed by atoms with Gasteiger partial charge in [0.1, 0.15) is 12.1 Å². The lowest BCUT2D eigenvalue weighted by Crippen LogP contribution is -2.52. The van der Waals surface area contributed by atoms with Gasteiger partial charge in [-0.2, -0.15) is 22.7 Å². The number of ether oxygens (including phenoxy) is 2. The van der Waals surface area contributed by atoms with Crippen molar-refractivity contribution in [3.63, 3.8) is 0 Å². The zero-order valence-corrected chi connectivity index (χ0v) is 26.9. The lowest BCUT2D eigenvalue weighted by molar-refractivity contribution is -0.137. The van der Waals surface area contributed by atoms with Gasteiger partial charge in [-0.15, -0.1) is 5.10 Å². The summed E-state index contributed by atoms with van der Waals surface area (Å²) in [7, 11) is 0. The molecular weight excluding hydrogens is 690 g/mol. The first-order valence-corrected chi connectivity index (χ1v) is 16.0. The third-order valence-electron chi connectivity index (χ3n) is 9.08. The van der Waals surface area contributed by atoms with Crippen molar-refractivity contribution >= 4 is 40.5 Å². The number of nitrogens with zero attached hydrogens (tertiary/aromatic N) is 6. The molecule has 13 nitrogen and oxygen atoms in total. The van der Waals surface area contributed by atoms with Crippen LogP contribution in [-0.2, 0) is 39.0 Å². The van der Waals surface area contributed by atoms with Gasteiger partial charge in [-0.25, -0.2) is 9.37 Å². The van der Waals surface area contributed by atoms with Crippen molar-refractivity contribution in [2.24, 2.45) is 0 Å². The number of rotatable bonds is 5. The fourth-order valence-electron chi connectivity index (χ4n) is 6.59. The van der Waals surface area contributed by atoms with Crippen molar-refractivity contribution in [3.05, 3.63) is 86.1 Å². The van der Waals surface area contributed by atoms with Gasteiger partial charge < -0.3 is 29.4 Å². The predicted molar refractivity (Wildman–Crippen MR) is 168 cm³/mol. The summed E-state index contributed by atoms with van der Waals surface area (Å²) in [5, 5.41) is 16.9. The number of carbonyl (C=O) groups excluding carboxylic acids is 2. The van der Waals surface area contributed by atoms with Crippen LogP contribution in [0, 0.1) is 5.82 Å². The number of nitrogens with one attached hydrogen (secondary N) is 1. The number of likely N-dealkylation sites (tertiary alicyclic amines) is 1. The van der Waals surface area contributed by atoms with E-state index in [0.29, 0.717) is 31.4 Å². The van der Waals surface area contributed by atoms with Crippen molar-refractivity contribution in [1.29, 1.82) is 0 Å². The summed E-state index contributed by atoms with van der Waals surface area (Å²) in [5.41, 5.74) is -1.75. The van der Waals surface area contributed by atoms with Gasteiger partial charge >= 0.3 is 6.18 Å². The standard InChI is InChI=1S/C32H28ClF4N7O6/c33-19-15-18(32(35,36)37)1-2-21(19)39-23(45)16-43-22-6-14-50-31(7-10-42(11-8-31)29(48)25-26(46)20(34)3-9-38-25)24(22)28(47)44-30(43)40-27(41-44)17-4-12-49-13-5-17/h1-4,9,15,46H,5-8,10-14,16H2,(H,39,45). The summed E-state index contributed by atoms with van der Waals surface area (Å²) >= 11 is 6.10. The number of pyridine rings is 1. The van der Waals surface area contributed by atoms with Crippen LogP contribution in [0.1, 0.15) is 52.4 Å². The number of hydrogen-bond donors (Lipinski definition) is 2. The molecule has 3 aliphatic rings. The Kier molecular flexibility index (Phi) is 8.60. The van der Waals surface area contributed by atoms with Crippen molar-refractivity contribution in [1.82, 2.24) is 29.0 Å². The van der Waals surface area contributed by atoms with Crippen LogP contribution in [0.15, 0.2) is 41.3 Å². The number of alkyl halides is 3. The summed E-state index contributed by atoms with van der Waals surface area (Å²) in [4.78, 5) is 50.9. The zero-order chi connectivity index (χ0) is 35.4. The van der Waals surface area contributed by atoms with E-state index in [-0.39, 0.29) is 66.8 Å². The normalized spacial score (nSPS) is 17.5. The van der Waals surface area contributed by atoms with Crippen LogP contribution in [0.5, 0.6) is 5.75 Å². The lowest BCUT2D eigenvalue weighted by atomic mass is 9.81. The molecule has 6 heterocycles. The highest BCUT2D eigenvalue weighted by atomic mass is 35.5. The number of halogens is 5. The van der Waals surface area contributed by atoms with E-state index in [1.54, 1.807) is 6.08 Å². The number of hydrogen-bond acceptors (Lipinski definition) is 9. The number of aromatic hydroxyl groups is 1. The first kappa shape index (κ1) is 33.6. The highest BCUT2D eigenvalue weighted by Crippen LogP contribution is 2.41. The van der Waals surface area contributed by atoms with Gasteiger partial charge in [0.15, 0.2) is 23.1 Å². The molecule has 3 aromatic heterocycles. The average Bonchev–Trinajstić information content (AvgIpc) is 3.55. The molecule has 3 aliphatic heterocycles. The Morgan fingerprint density at radius 1 is 1.12 bits per heavy atom. The van der Waals surface area contributed by atoms with Crippen molar-refractivity contribution in [2.45, 2.75) is 44.0 Å². The van der Waals surface area contributed by atoms with Crippen molar-refractivity contribution < 1.29 is 41.7 Å². The van der Waals surface area contributed by atoms with Gasteiger partial charge in [-0.3, -0.25) is 14.4 Å². The molecule has 1 saturated heterocycles. The maximum atomic E-state index is 14.3. The van der Waals surface area contributed by atoms with Gasteiger partial charge in [0, 0.05) is 31.4 Å². The molecule has 0 aliphatic carbocycles. The molecule has 7 rings (SSSR count). The van der Waals surface area contributed by atoms with Gasteiger partial charge in [0.2, 0.25) is 11.7 Å². The van der Waals surface area contributed by atoms with Crippen LogP contribution in [0.4, 0.5) is 23.2 Å². The largest absolute Gasteiger partial charge is 0.503 e. The van der Waals surface area contributed by atoms with Crippen LogP contribution in [0.3, 0.4) is 0 Å². The Morgan fingerprint density at radius 2 is 1.90 bits per heavy atom. The quantitative estimate of drug-likeness (QED) is 0.292. The summed E-state index contributed by atoms with van der Waals surface area (Å²) < 4.78 is 67.9. The van der Waals surface area contributed by atoms with E-state index in [1.165, 1.54) is 9.47 Å². The fraction of sp³-hybridized carbons (Fsp3) is 0.375. The van der Waals surface area contributed by atoms with Crippen LogP contribution in [-0.4, -0.2) is 78.9 Å². The molecule has 1 fully saturated rings. The molecule has 0 unspecified atom stereocenters. The van der Waals surface area contributed by atoms with Crippen molar-refractivity contribution in [3.8, 4) is 5.75 Å². The summed E-state index contributed by atoms with van der Waals surface area (Å²) in [5.74, 6) is -2.85. The van der Waals surface area contributed by atoms with E-state index in [4.69, 9.17) is 21.1 Å². The Labute approximate surface area is 285 Å². The SMILES string of the molecule is O=C(Cn1c2c(c(=O)n3nc(C4=CCOCC4)nc13)C1(CCN(C(=O)c3nccc(F)c3O)CC1)OCC2)Nc1ccc(C(F)(F)F)cc1Cl. The third kappa shape index (κ3) is 5.98. The second kappa shape index (κ2) is 12.8. The van der Waals surface area contributed by atoms with Crippen LogP contribution in [0.2, 0.25) is 5.02 Å². The molecule has 4 aromatic rings. The van der Waals surface area contributed by atoms with E-state index in [9.17, 15) is 37.1 Å². The van der Waals surface area contributed by atoms with Gasteiger partial charge in [-0.05, 0) is 49.1 Å². The Bertz CT molecular complexity index is 2120. The number of aromatic nitrogens is 5. The smallest absolute Gasteiger partial charge is 0.416 e. The molecule has 0 radical (unpaired) electrons. The number of fused-ring (bicyclic) bond motifs is 3. The second-order valence-electron chi connectivity index (χ2n) is 12.0. The maximum absolute atomic E-state index is 14.3. The van der Waals surface area contributed by atoms with Crippen LogP contribution in [0.25, 0.3) is 11.4 Å². The molecule has 1 spiro atoms. The Morgan fingerprint density at radius 3 is 2.60 bits per heavy atom. The Balaban J connectivity index is 1.26. The average molecular weight is 718 g/mol. The minimum Gasteiger partial charge on any atom is -0.503 e. The van der Waals surface area contributed by atoms with E-state index < -0.39 is 58.5 Å². The maximum Gasteiger partial charge on any atom is 0.416 e. The molecule has 1 aromatic carbocycles. The molecule has 2 amide bonds. The van der Waals surface area contributed by atoms with Crippen LogP contribution >= 0.6 is 11.6 Å². The van der Waals surface area contributed by atoms with Crippen LogP contribution < -0.4 is 10.9 Å². The van der Waals surface area contributed by atoms with E-state index in [2.05, 4.69) is 20.4 Å². The van der Waals surface area contributed by atoms with E-state index >= 15 is 0 Å². The minimum absolute atomic E-state index is 0.0409. The van der Waals surface area contributed by atoms with Gasteiger partial charge in [0.25, 0.3) is 11.5 Å². The first-order valence-electron chi connectivity index (χ1n) is 15.6. The summed E-state index contributed by atoms with van der Waals surface area (Å²) in [6.07, 6.45) is -0.775. The molecule has 18 heteroatoms. The molecular formula is C32H28ClF4N7O6. The summed E-state index contributed by atoms with van der Waals surface area (Å²) in [6, 6.07) is 3.51. The molecule has 0 saturated carbocycles. The van der Waals surface area contributed by atoms with Crippen molar-refractivity contribution in [2.75, 3.05) is 38.2 Å². The monoisotopic (exact) mass is 717 g/mol. The summed E-state index contributed by atoms with van der Waals surface area (Å²) in [6.45, 7) is 0.629. The Hall–Kier alpha value is -4.87. The highest BCUT2D eigenvalue weighted by Gasteiger charge is 2.46. The van der Waals surface area contributed by atoms with Gasteiger partial charge in [-0.1, -0.05) is 17.7 Å². The third-order valence-corrected chi connectivity index (χ3v) is 9.40. The molecule has 0 bridgehead atoms. The molecule has 2 N–H and O–H groups in total. The number of carbonyl (C=O) groups is 2. The molecule has 0 atom stereocenters. The van der Waals surface area contributed by atoms with E-state index in [1.807, 2.05) is 0 Å². The first-order chi connectivity index (χ1) is 23.9. The topological polar surface area (TPSA) is 153 Å². The van der Waals surface area contributed by atoms with Gasteiger partial charge in [0.05, 0.1) is 41.7 Å². The fourth-order valence-corrected chi connectivity index (χ4v) is 6.82. The number of piperidine rings is 1. The number of benzene rings is 1. The molecule has 262 valence electrons. The zero-order valence-electron chi connectivity index (χ0n) is 26.1. The highest BCUT2D eigenvalue weighted by molar-refractivity contribution is 6.33. The molecule has 50 heavy (non-hydrogen) atoms. The van der Waals surface area contributed by atoms with E-state index in [0.717, 1.165) is 34.5 Å². The predicted octanol–water partition coefficient (Wildman–Crippen LogP) is 3.95.